The summed E-state index contributed by atoms with van der Waals surface area (Å²) in [5.41, 5.74) is 0.526. The van der Waals surface area contributed by atoms with Crippen molar-refractivity contribution in [2.45, 2.75) is 79.2 Å². The smallest absolute Gasteiger partial charge is 0.0124 e. The highest BCUT2D eigenvalue weighted by Gasteiger charge is 2.36. The quantitative estimate of drug-likeness (QED) is 0.697. The van der Waals surface area contributed by atoms with Gasteiger partial charge in [0.15, 0.2) is 0 Å². The minimum Gasteiger partial charge on any atom is -0.300 e. The van der Waals surface area contributed by atoms with E-state index in [2.05, 4.69) is 39.5 Å². The molecule has 1 nitrogen and oxygen atoms in total. The molecule has 0 aromatic rings. The van der Waals surface area contributed by atoms with Gasteiger partial charge in [-0.2, -0.15) is 0 Å². The fourth-order valence-electron chi connectivity index (χ4n) is 4.45. The monoisotopic (exact) mass is 265 g/mol. The number of hydrogen-bond acceptors (Lipinski definition) is 1. The van der Waals surface area contributed by atoms with Gasteiger partial charge in [-0.25, -0.2) is 0 Å². The van der Waals surface area contributed by atoms with E-state index >= 15 is 0 Å². The third kappa shape index (κ3) is 3.97. The molecular formula is C18H35N. The molecule has 1 unspecified atom stereocenters. The van der Waals surface area contributed by atoms with Crippen LogP contribution < -0.4 is 0 Å². The Hall–Kier alpha value is -0.0400. The Morgan fingerprint density at radius 3 is 2.16 bits per heavy atom. The van der Waals surface area contributed by atoms with Crippen LogP contribution in [0.4, 0.5) is 0 Å². The number of rotatable bonds is 3. The third-order valence-corrected chi connectivity index (χ3v) is 5.55. The molecule has 0 radical (unpaired) electrons. The molecule has 2 rings (SSSR count). The Labute approximate surface area is 121 Å². The van der Waals surface area contributed by atoms with Crippen molar-refractivity contribution in [3.63, 3.8) is 0 Å². The molecule has 0 bridgehead atoms. The lowest BCUT2D eigenvalue weighted by Gasteiger charge is -2.41. The van der Waals surface area contributed by atoms with Crippen LogP contribution >= 0.6 is 0 Å². The van der Waals surface area contributed by atoms with Gasteiger partial charge in [-0.3, -0.25) is 4.90 Å². The molecule has 1 aliphatic heterocycles. The average molecular weight is 265 g/mol. The summed E-state index contributed by atoms with van der Waals surface area (Å²) < 4.78 is 0. The zero-order valence-corrected chi connectivity index (χ0v) is 13.9. The maximum Gasteiger partial charge on any atom is 0.0124 e. The molecule has 1 aliphatic carbocycles. The van der Waals surface area contributed by atoms with Crippen molar-refractivity contribution < 1.29 is 0 Å². The van der Waals surface area contributed by atoms with Crippen LogP contribution in [0.5, 0.6) is 0 Å². The molecule has 0 N–H and O–H groups in total. The lowest BCUT2D eigenvalue weighted by Crippen LogP contribution is -2.40. The van der Waals surface area contributed by atoms with Gasteiger partial charge in [-0.15, -0.1) is 0 Å². The predicted octanol–water partition coefficient (Wildman–Crippen LogP) is 4.96. The summed E-state index contributed by atoms with van der Waals surface area (Å²) in [5.74, 6) is 2.79. The van der Waals surface area contributed by atoms with Gasteiger partial charge in [0.1, 0.15) is 0 Å². The lowest BCUT2D eigenvalue weighted by molar-refractivity contribution is 0.0941. The summed E-state index contributed by atoms with van der Waals surface area (Å²) in [4.78, 5) is 2.81. The minimum atomic E-state index is 0.526. The standard InChI is InChI=1S/C18H35N/c1-14(2)13-19-12-6-7-17(19)15-8-10-16(11-9-15)18(3,4)5/h14-17H,6-13H2,1-5H3. The fraction of sp³-hybridized carbons (Fsp3) is 1.00. The van der Waals surface area contributed by atoms with Crippen molar-refractivity contribution >= 4 is 0 Å². The third-order valence-electron chi connectivity index (χ3n) is 5.55. The molecule has 1 saturated carbocycles. The van der Waals surface area contributed by atoms with Crippen LogP contribution in [0.1, 0.15) is 73.1 Å². The largest absolute Gasteiger partial charge is 0.300 e. The van der Waals surface area contributed by atoms with Crippen molar-refractivity contribution in [3.05, 3.63) is 0 Å². The summed E-state index contributed by atoms with van der Waals surface area (Å²) in [6.45, 7) is 14.7. The SMILES string of the molecule is CC(C)CN1CCCC1C1CCC(C(C)(C)C)CC1. The van der Waals surface area contributed by atoms with E-state index in [1.165, 1.54) is 51.6 Å². The molecule has 0 amide bonds. The Morgan fingerprint density at radius 2 is 1.63 bits per heavy atom. The van der Waals surface area contributed by atoms with Crippen LogP contribution in [-0.2, 0) is 0 Å². The first kappa shape index (κ1) is 15.4. The first-order valence-electron chi connectivity index (χ1n) is 8.62. The molecular weight excluding hydrogens is 230 g/mol. The molecule has 1 saturated heterocycles. The number of nitrogens with zero attached hydrogens (tertiary/aromatic N) is 1. The van der Waals surface area contributed by atoms with Gasteiger partial charge < -0.3 is 0 Å². The second kappa shape index (κ2) is 6.16. The highest BCUT2D eigenvalue weighted by atomic mass is 15.2. The molecule has 2 fully saturated rings. The molecule has 2 aliphatic rings. The Balaban J connectivity index is 1.87. The van der Waals surface area contributed by atoms with Crippen molar-refractivity contribution in [1.29, 1.82) is 0 Å². The van der Waals surface area contributed by atoms with Gasteiger partial charge in [0.05, 0.1) is 0 Å². The van der Waals surface area contributed by atoms with E-state index in [9.17, 15) is 0 Å². The Morgan fingerprint density at radius 1 is 1.00 bits per heavy atom. The maximum atomic E-state index is 2.81. The molecule has 1 heterocycles. The van der Waals surface area contributed by atoms with Gasteiger partial charge >= 0.3 is 0 Å². The first-order valence-corrected chi connectivity index (χ1v) is 8.62. The van der Waals surface area contributed by atoms with Crippen molar-refractivity contribution in [2.24, 2.45) is 23.2 Å². The maximum absolute atomic E-state index is 2.81. The summed E-state index contributed by atoms with van der Waals surface area (Å²) in [6, 6.07) is 0.920. The second-order valence-corrected chi connectivity index (χ2v) is 8.58. The number of hydrogen-bond donors (Lipinski definition) is 0. The zero-order chi connectivity index (χ0) is 14.0. The Kier molecular flexibility index (Phi) is 4.98. The molecule has 0 spiro atoms. The first-order chi connectivity index (χ1) is 8.88. The van der Waals surface area contributed by atoms with E-state index in [1.807, 2.05) is 0 Å². The van der Waals surface area contributed by atoms with Crippen LogP contribution in [0.3, 0.4) is 0 Å². The highest BCUT2D eigenvalue weighted by Crippen LogP contribution is 2.43. The predicted molar refractivity (Wildman–Crippen MR) is 84.3 cm³/mol. The van der Waals surface area contributed by atoms with Gasteiger partial charge in [-0.05, 0) is 68.2 Å². The lowest BCUT2D eigenvalue weighted by atomic mass is 9.68. The van der Waals surface area contributed by atoms with E-state index in [1.54, 1.807) is 0 Å². The normalized spacial score (nSPS) is 34.1. The molecule has 0 aromatic heterocycles. The zero-order valence-electron chi connectivity index (χ0n) is 13.9. The number of likely N-dealkylation sites (tertiary alicyclic amines) is 1. The Bertz CT molecular complexity index is 268. The summed E-state index contributed by atoms with van der Waals surface area (Å²) in [7, 11) is 0. The van der Waals surface area contributed by atoms with Crippen LogP contribution in [0.15, 0.2) is 0 Å². The van der Waals surface area contributed by atoms with E-state index < -0.39 is 0 Å². The molecule has 0 aromatic carbocycles. The average Bonchev–Trinajstić information content (AvgIpc) is 2.75. The van der Waals surface area contributed by atoms with Crippen LogP contribution in [0.2, 0.25) is 0 Å². The fourth-order valence-corrected chi connectivity index (χ4v) is 4.45. The highest BCUT2D eigenvalue weighted by molar-refractivity contribution is 4.90. The van der Waals surface area contributed by atoms with E-state index in [-0.39, 0.29) is 0 Å². The van der Waals surface area contributed by atoms with Crippen LogP contribution in [-0.4, -0.2) is 24.0 Å². The van der Waals surface area contributed by atoms with Gasteiger partial charge in [0.25, 0.3) is 0 Å². The van der Waals surface area contributed by atoms with Gasteiger partial charge in [-0.1, -0.05) is 34.6 Å². The molecule has 1 atom stereocenters. The van der Waals surface area contributed by atoms with Crippen molar-refractivity contribution in [2.75, 3.05) is 13.1 Å². The van der Waals surface area contributed by atoms with Crippen molar-refractivity contribution in [3.8, 4) is 0 Å². The molecule has 1 heteroatoms. The van der Waals surface area contributed by atoms with Crippen LogP contribution in [0, 0.1) is 23.2 Å². The minimum absolute atomic E-state index is 0.526. The summed E-state index contributed by atoms with van der Waals surface area (Å²) in [5, 5.41) is 0. The molecule has 19 heavy (non-hydrogen) atoms. The van der Waals surface area contributed by atoms with Crippen LogP contribution in [0.25, 0.3) is 0 Å². The van der Waals surface area contributed by atoms with E-state index in [0.29, 0.717) is 5.41 Å². The summed E-state index contributed by atoms with van der Waals surface area (Å²) >= 11 is 0. The van der Waals surface area contributed by atoms with Gasteiger partial charge in [0, 0.05) is 12.6 Å². The van der Waals surface area contributed by atoms with Crippen molar-refractivity contribution in [1.82, 2.24) is 4.90 Å². The topological polar surface area (TPSA) is 3.24 Å². The van der Waals surface area contributed by atoms with Gasteiger partial charge in [0.2, 0.25) is 0 Å². The molecule has 112 valence electrons. The van der Waals surface area contributed by atoms with E-state index in [0.717, 1.165) is 23.8 Å². The summed E-state index contributed by atoms with van der Waals surface area (Å²) in [6.07, 6.45) is 8.83. The second-order valence-electron chi connectivity index (χ2n) is 8.58. The van der Waals surface area contributed by atoms with E-state index in [4.69, 9.17) is 0 Å².